The van der Waals surface area contributed by atoms with E-state index >= 15 is 0 Å². The van der Waals surface area contributed by atoms with Gasteiger partial charge in [-0.3, -0.25) is 14.9 Å². The van der Waals surface area contributed by atoms with Gasteiger partial charge in [-0.15, -0.1) is 0 Å². The Hall–Kier alpha value is -2.49. The molecule has 2 aromatic rings. The van der Waals surface area contributed by atoms with Gasteiger partial charge in [-0.1, -0.05) is 0 Å². The minimum absolute atomic E-state index is 0.0174. The number of carbonyl (C=O) groups excluding carboxylic acids is 2. The standard InChI is InChI=1S/C18H14BrF3N4O2/c1-9-4-23-16(24-5-9)25-12(27)6-26-8-17(7-18(17,21)22)13-10(15(26)28)2-3-11(19)14(13)20/h2-5H,6-8H2,1H3,(H,23,24,25,27)/t17-/m1/s1. The third kappa shape index (κ3) is 2.86. The second kappa shape index (κ2) is 6.26. The molecule has 10 heteroatoms. The van der Waals surface area contributed by atoms with E-state index in [9.17, 15) is 22.8 Å². The molecule has 0 radical (unpaired) electrons. The quantitative estimate of drug-likeness (QED) is 0.773. The van der Waals surface area contributed by atoms with Crippen molar-refractivity contribution >= 4 is 33.7 Å². The molecule has 6 nitrogen and oxygen atoms in total. The normalized spacial score (nSPS) is 22.2. The van der Waals surface area contributed by atoms with Crippen molar-refractivity contribution in [2.45, 2.75) is 24.7 Å². The Kier molecular flexibility index (Phi) is 4.22. The van der Waals surface area contributed by atoms with Crippen LogP contribution in [0.1, 0.15) is 27.9 Å². The van der Waals surface area contributed by atoms with Crippen molar-refractivity contribution in [1.82, 2.24) is 14.9 Å². The number of alkyl halides is 2. The van der Waals surface area contributed by atoms with Crippen LogP contribution in [-0.2, 0) is 10.2 Å². The van der Waals surface area contributed by atoms with E-state index in [1.807, 2.05) is 0 Å². The molecule has 0 saturated heterocycles. The van der Waals surface area contributed by atoms with Crippen molar-refractivity contribution in [1.29, 1.82) is 0 Å². The van der Waals surface area contributed by atoms with Gasteiger partial charge in [0.15, 0.2) is 0 Å². The van der Waals surface area contributed by atoms with Crippen molar-refractivity contribution in [2.75, 3.05) is 18.4 Å². The topological polar surface area (TPSA) is 75.2 Å². The molecule has 1 aromatic carbocycles. The van der Waals surface area contributed by atoms with E-state index in [0.717, 1.165) is 10.5 Å². The Morgan fingerprint density at radius 2 is 1.96 bits per heavy atom. The summed E-state index contributed by atoms with van der Waals surface area (Å²) >= 11 is 2.99. The summed E-state index contributed by atoms with van der Waals surface area (Å²) in [6, 6.07) is 2.60. The second-order valence-electron chi connectivity index (χ2n) is 7.04. The average Bonchev–Trinajstić information content (AvgIpc) is 3.17. The van der Waals surface area contributed by atoms with Crippen LogP contribution in [0.4, 0.5) is 19.1 Å². The Morgan fingerprint density at radius 1 is 1.32 bits per heavy atom. The Labute approximate surface area is 166 Å². The number of aryl methyl sites for hydroxylation is 1. The fraction of sp³-hybridized carbons (Fsp3) is 0.333. The van der Waals surface area contributed by atoms with E-state index in [4.69, 9.17) is 0 Å². The van der Waals surface area contributed by atoms with Gasteiger partial charge in [-0.05, 0) is 40.5 Å². The Bertz CT molecular complexity index is 999. The van der Waals surface area contributed by atoms with Crippen LogP contribution in [0.15, 0.2) is 29.0 Å². The maximum absolute atomic E-state index is 14.6. The predicted molar refractivity (Wildman–Crippen MR) is 96.6 cm³/mol. The van der Waals surface area contributed by atoms with Crippen LogP contribution in [0.3, 0.4) is 0 Å². The van der Waals surface area contributed by atoms with Crippen LogP contribution < -0.4 is 5.32 Å². The van der Waals surface area contributed by atoms with Crippen LogP contribution in [0.5, 0.6) is 0 Å². The summed E-state index contributed by atoms with van der Waals surface area (Å²) in [7, 11) is 0. The highest BCUT2D eigenvalue weighted by atomic mass is 79.9. The van der Waals surface area contributed by atoms with Crippen molar-refractivity contribution < 1.29 is 22.8 Å². The molecule has 146 valence electrons. The molecule has 2 amide bonds. The van der Waals surface area contributed by atoms with Crippen LogP contribution in [-0.4, -0.2) is 45.7 Å². The van der Waals surface area contributed by atoms with Gasteiger partial charge in [-0.2, -0.15) is 0 Å². The molecule has 1 atom stereocenters. The number of aromatic nitrogens is 2. The first-order chi connectivity index (χ1) is 13.1. The number of nitrogens with one attached hydrogen (secondary N) is 1. The summed E-state index contributed by atoms with van der Waals surface area (Å²) in [4.78, 5) is 33.9. The fourth-order valence-electron chi connectivity index (χ4n) is 3.54. The number of amides is 2. The lowest BCUT2D eigenvalue weighted by Crippen LogP contribution is -2.49. The van der Waals surface area contributed by atoms with Gasteiger partial charge < -0.3 is 4.90 Å². The monoisotopic (exact) mass is 454 g/mol. The summed E-state index contributed by atoms with van der Waals surface area (Å²) in [5, 5.41) is 2.43. The zero-order valence-electron chi connectivity index (χ0n) is 14.6. The summed E-state index contributed by atoms with van der Waals surface area (Å²) in [5.41, 5.74) is -1.45. The van der Waals surface area contributed by atoms with Crippen molar-refractivity contribution in [3.63, 3.8) is 0 Å². The molecule has 1 fully saturated rings. The van der Waals surface area contributed by atoms with Crippen LogP contribution in [0, 0.1) is 12.7 Å². The first-order valence-electron chi connectivity index (χ1n) is 8.39. The smallest absolute Gasteiger partial charge is 0.260 e. The predicted octanol–water partition coefficient (Wildman–Crippen LogP) is 3.06. The van der Waals surface area contributed by atoms with Gasteiger partial charge in [0.25, 0.3) is 11.8 Å². The van der Waals surface area contributed by atoms with Crippen LogP contribution >= 0.6 is 15.9 Å². The second-order valence-corrected chi connectivity index (χ2v) is 7.90. The SMILES string of the molecule is Cc1cnc(NC(=O)CN2C[C@]3(CC3(F)F)c3c(ccc(Br)c3F)C2=O)nc1. The molecule has 0 unspecified atom stereocenters. The first kappa shape index (κ1) is 18.9. The van der Waals surface area contributed by atoms with Gasteiger partial charge >= 0.3 is 0 Å². The molecule has 1 aliphatic heterocycles. The van der Waals surface area contributed by atoms with Gasteiger partial charge in [0.2, 0.25) is 11.9 Å². The molecule has 1 aliphatic carbocycles. The zero-order chi connectivity index (χ0) is 20.3. The number of nitrogens with zero attached hydrogens (tertiary/aromatic N) is 3. The molecule has 1 saturated carbocycles. The summed E-state index contributed by atoms with van der Waals surface area (Å²) in [6.45, 7) is 0.870. The zero-order valence-corrected chi connectivity index (χ0v) is 16.2. The van der Waals surface area contributed by atoms with E-state index in [1.165, 1.54) is 24.5 Å². The van der Waals surface area contributed by atoms with E-state index in [1.54, 1.807) is 6.92 Å². The van der Waals surface area contributed by atoms with E-state index < -0.39 is 48.5 Å². The number of anilines is 1. The lowest BCUT2D eigenvalue weighted by Gasteiger charge is -2.34. The molecule has 1 aromatic heterocycles. The minimum atomic E-state index is -3.15. The van der Waals surface area contributed by atoms with Crippen molar-refractivity contribution in [2.24, 2.45) is 0 Å². The van der Waals surface area contributed by atoms with Gasteiger partial charge in [-0.25, -0.2) is 23.1 Å². The summed E-state index contributed by atoms with van der Waals surface area (Å²) < 4.78 is 43.1. The molecule has 2 aliphatic rings. The largest absolute Gasteiger partial charge is 0.328 e. The number of benzene rings is 1. The number of fused-ring (bicyclic) bond motifs is 2. The average molecular weight is 455 g/mol. The Balaban J connectivity index is 1.61. The third-order valence-electron chi connectivity index (χ3n) is 5.02. The highest BCUT2D eigenvalue weighted by Crippen LogP contribution is 2.64. The van der Waals surface area contributed by atoms with Gasteiger partial charge in [0.05, 0.1) is 9.89 Å². The summed E-state index contributed by atoms with van der Waals surface area (Å²) in [6.07, 6.45) is 2.43. The van der Waals surface area contributed by atoms with E-state index in [0.29, 0.717) is 0 Å². The maximum Gasteiger partial charge on any atom is 0.260 e. The molecule has 2 heterocycles. The molecule has 0 bridgehead atoms. The van der Waals surface area contributed by atoms with Crippen LogP contribution in [0.2, 0.25) is 0 Å². The van der Waals surface area contributed by atoms with Gasteiger partial charge in [0, 0.05) is 36.5 Å². The van der Waals surface area contributed by atoms with Crippen molar-refractivity contribution in [3.8, 4) is 0 Å². The third-order valence-corrected chi connectivity index (χ3v) is 5.63. The molecule has 4 rings (SSSR count). The molecule has 28 heavy (non-hydrogen) atoms. The lowest BCUT2D eigenvalue weighted by atomic mass is 9.85. The molecular formula is C18H14BrF3N4O2. The molecular weight excluding hydrogens is 441 g/mol. The first-order valence-corrected chi connectivity index (χ1v) is 9.18. The summed E-state index contributed by atoms with van der Waals surface area (Å²) in [5.74, 6) is -5.27. The molecule has 1 spiro atoms. The van der Waals surface area contributed by atoms with Gasteiger partial charge in [0.1, 0.15) is 12.4 Å². The number of hydrogen-bond donors (Lipinski definition) is 1. The van der Waals surface area contributed by atoms with Crippen molar-refractivity contribution in [3.05, 3.63) is 51.5 Å². The highest BCUT2D eigenvalue weighted by molar-refractivity contribution is 9.10. The lowest BCUT2D eigenvalue weighted by molar-refractivity contribution is -0.117. The fourth-order valence-corrected chi connectivity index (χ4v) is 3.87. The number of carbonyl (C=O) groups is 2. The number of hydrogen-bond acceptors (Lipinski definition) is 4. The number of rotatable bonds is 3. The van der Waals surface area contributed by atoms with E-state index in [2.05, 4.69) is 31.2 Å². The Morgan fingerprint density at radius 3 is 2.57 bits per heavy atom. The highest BCUT2D eigenvalue weighted by Gasteiger charge is 2.75. The number of halogens is 4. The maximum atomic E-state index is 14.6. The minimum Gasteiger partial charge on any atom is -0.328 e. The molecule has 1 N–H and O–H groups in total. The van der Waals surface area contributed by atoms with E-state index in [-0.39, 0.29) is 21.5 Å². The van der Waals surface area contributed by atoms with Crippen LogP contribution in [0.25, 0.3) is 0 Å².